The van der Waals surface area contributed by atoms with Crippen molar-refractivity contribution in [1.82, 2.24) is 9.80 Å². The second-order valence-corrected chi connectivity index (χ2v) is 8.30. The summed E-state index contributed by atoms with van der Waals surface area (Å²) in [6.07, 6.45) is 1.52. The van der Waals surface area contributed by atoms with Crippen molar-refractivity contribution in [3.05, 3.63) is 58.6 Å². The highest BCUT2D eigenvalue weighted by Crippen LogP contribution is 2.51. The number of hydrogen-bond acceptors (Lipinski definition) is 4. The highest BCUT2D eigenvalue weighted by Gasteiger charge is 2.58. The fourth-order valence-electron chi connectivity index (χ4n) is 4.74. The number of benzene rings is 2. The Bertz CT molecular complexity index is 993. The number of hydrogen-bond donors (Lipinski definition) is 1. The van der Waals surface area contributed by atoms with Crippen molar-refractivity contribution in [2.24, 2.45) is 0 Å². The molecular weight excluding hydrogens is 402 g/mol. The molecule has 2 aliphatic rings. The predicted molar refractivity (Wildman–Crippen MR) is 117 cm³/mol. The Balaban J connectivity index is 2.00. The molecule has 1 N–H and O–H groups in total. The van der Waals surface area contributed by atoms with Crippen LogP contribution in [-0.2, 0) is 15.1 Å². The molecule has 0 bridgehead atoms. The maximum absolute atomic E-state index is 13.8. The van der Waals surface area contributed by atoms with E-state index in [9.17, 15) is 9.59 Å². The number of amides is 2. The number of ether oxygens (including phenoxy) is 1. The summed E-state index contributed by atoms with van der Waals surface area (Å²) in [6, 6.07) is 12.6. The number of para-hydroxylation sites is 1. The second kappa shape index (κ2) is 7.93. The molecule has 30 heavy (non-hydrogen) atoms. The summed E-state index contributed by atoms with van der Waals surface area (Å²) in [5.41, 5.74) is 0.992. The zero-order valence-electron chi connectivity index (χ0n) is 17.4. The van der Waals surface area contributed by atoms with E-state index in [4.69, 9.17) is 16.3 Å². The molecule has 2 heterocycles. The van der Waals surface area contributed by atoms with Crippen molar-refractivity contribution in [2.75, 3.05) is 32.6 Å². The molecule has 0 radical (unpaired) electrons. The lowest BCUT2D eigenvalue weighted by Gasteiger charge is -2.41. The number of carbonyl (C=O) groups is 2. The normalized spacial score (nSPS) is 23.2. The van der Waals surface area contributed by atoms with Gasteiger partial charge in [-0.05, 0) is 44.0 Å². The van der Waals surface area contributed by atoms with E-state index in [1.807, 2.05) is 48.2 Å². The average Bonchev–Trinajstić information content (AvgIpc) is 3.31. The molecule has 1 unspecified atom stereocenters. The molecule has 158 valence electrons. The standard InChI is InChI=1S/C23H26ClN3O3/c1-4-30-20-10-6-5-8-16(20)23(27-13-7-9-19(27)21(28)26(2)3)17-14-15(24)11-12-18(17)25-22(23)29/h5-6,8,10-12,14,19H,4,7,9,13H2,1-3H3,(H,25,29)/t19-,23?/m0/s1. The minimum atomic E-state index is -1.20. The average molecular weight is 428 g/mol. The molecular formula is C23H26ClN3O3. The van der Waals surface area contributed by atoms with Gasteiger partial charge in [-0.2, -0.15) is 0 Å². The van der Waals surface area contributed by atoms with Crippen LogP contribution in [0.4, 0.5) is 5.69 Å². The van der Waals surface area contributed by atoms with E-state index >= 15 is 0 Å². The van der Waals surface area contributed by atoms with E-state index < -0.39 is 11.6 Å². The first-order valence-electron chi connectivity index (χ1n) is 10.2. The number of fused-ring (bicyclic) bond motifs is 1. The number of nitrogens with one attached hydrogen (secondary N) is 1. The number of rotatable bonds is 5. The molecule has 0 saturated carbocycles. The predicted octanol–water partition coefficient (Wildman–Crippen LogP) is 3.49. The van der Waals surface area contributed by atoms with E-state index in [2.05, 4.69) is 5.32 Å². The number of likely N-dealkylation sites (tertiary alicyclic amines) is 1. The SMILES string of the molecule is CCOc1ccccc1C1(N2CCC[C@H]2C(=O)N(C)C)C(=O)Nc2ccc(Cl)cc21. The molecule has 2 aliphatic heterocycles. The Morgan fingerprint density at radius 2 is 2.03 bits per heavy atom. The van der Waals surface area contributed by atoms with Crippen LogP contribution in [0.25, 0.3) is 0 Å². The first kappa shape index (κ1) is 20.7. The fraction of sp³-hybridized carbons (Fsp3) is 0.391. The van der Waals surface area contributed by atoms with Crippen LogP contribution in [0.1, 0.15) is 30.9 Å². The number of halogens is 1. The van der Waals surface area contributed by atoms with Gasteiger partial charge in [-0.3, -0.25) is 14.5 Å². The Morgan fingerprint density at radius 1 is 1.27 bits per heavy atom. The lowest BCUT2D eigenvalue weighted by molar-refractivity contribution is -0.138. The Hall–Kier alpha value is -2.57. The molecule has 2 aromatic carbocycles. The molecule has 1 fully saturated rings. The maximum Gasteiger partial charge on any atom is 0.254 e. The minimum Gasteiger partial charge on any atom is -0.493 e. The monoisotopic (exact) mass is 427 g/mol. The van der Waals surface area contributed by atoms with Crippen molar-refractivity contribution in [3.63, 3.8) is 0 Å². The number of likely N-dealkylation sites (N-methyl/N-ethyl adjacent to an activating group) is 1. The Morgan fingerprint density at radius 3 is 2.77 bits per heavy atom. The van der Waals surface area contributed by atoms with Gasteiger partial charge in [0.15, 0.2) is 5.54 Å². The van der Waals surface area contributed by atoms with Gasteiger partial charge >= 0.3 is 0 Å². The van der Waals surface area contributed by atoms with Crippen LogP contribution < -0.4 is 10.1 Å². The number of nitrogens with zero attached hydrogens (tertiary/aromatic N) is 2. The molecule has 2 aromatic rings. The summed E-state index contributed by atoms with van der Waals surface area (Å²) < 4.78 is 5.94. The third kappa shape index (κ3) is 3.06. The Labute approximate surface area is 181 Å². The second-order valence-electron chi connectivity index (χ2n) is 7.87. The molecule has 1 saturated heterocycles. The quantitative estimate of drug-likeness (QED) is 0.793. The fourth-order valence-corrected chi connectivity index (χ4v) is 4.91. The molecule has 2 amide bonds. The Kier molecular flexibility index (Phi) is 5.47. The van der Waals surface area contributed by atoms with Crippen LogP contribution in [0.3, 0.4) is 0 Å². The van der Waals surface area contributed by atoms with Crippen molar-refractivity contribution < 1.29 is 14.3 Å². The van der Waals surface area contributed by atoms with Crippen LogP contribution in [0.15, 0.2) is 42.5 Å². The zero-order valence-corrected chi connectivity index (χ0v) is 18.2. The molecule has 4 rings (SSSR count). The van der Waals surface area contributed by atoms with Crippen LogP contribution in [0, 0.1) is 0 Å². The summed E-state index contributed by atoms with van der Waals surface area (Å²) in [5.74, 6) is 0.431. The van der Waals surface area contributed by atoms with Gasteiger partial charge in [0, 0.05) is 42.5 Å². The van der Waals surface area contributed by atoms with Crippen molar-refractivity contribution in [3.8, 4) is 5.75 Å². The number of carbonyl (C=O) groups excluding carboxylic acids is 2. The smallest absolute Gasteiger partial charge is 0.254 e. The lowest BCUT2D eigenvalue weighted by Crippen LogP contribution is -2.57. The summed E-state index contributed by atoms with van der Waals surface area (Å²) in [5, 5.41) is 3.57. The van der Waals surface area contributed by atoms with E-state index in [0.29, 0.717) is 36.0 Å². The topological polar surface area (TPSA) is 61.9 Å². The van der Waals surface area contributed by atoms with E-state index in [-0.39, 0.29) is 11.8 Å². The zero-order chi connectivity index (χ0) is 21.5. The van der Waals surface area contributed by atoms with Gasteiger partial charge in [0.2, 0.25) is 5.91 Å². The summed E-state index contributed by atoms with van der Waals surface area (Å²) >= 11 is 6.38. The number of anilines is 1. The van der Waals surface area contributed by atoms with E-state index in [1.54, 1.807) is 25.1 Å². The highest BCUT2D eigenvalue weighted by molar-refractivity contribution is 6.31. The van der Waals surface area contributed by atoms with E-state index in [0.717, 1.165) is 17.5 Å². The first-order chi connectivity index (χ1) is 14.4. The highest BCUT2D eigenvalue weighted by atomic mass is 35.5. The third-order valence-corrected chi connectivity index (χ3v) is 6.17. The summed E-state index contributed by atoms with van der Waals surface area (Å²) in [4.78, 5) is 30.5. The summed E-state index contributed by atoms with van der Waals surface area (Å²) in [6.45, 7) is 3.00. The third-order valence-electron chi connectivity index (χ3n) is 5.93. The van der Waals surface area contributed by atoms with Gasteiger partial charge in [0.05, 0.1) is 12.6 Å². The molecule has 7 heteroatoms. The molecule has 0 aromatic heterocycles. The molecule has 0 spiro atoms. The van der Waals surface area contributed by atoms with Crippen molar-refractivity contribution >= 4 is 29.1 Å². The van der Waals surface area contributed by atoms with Crippen molar-refractivity contribution in [1.29, 1.82) is 0 Å². The van der Waals surface area contributed by atoms with Gasteiger partial charge in [-0.1, -0.05) is 29.8 Å². The first-order valence-corrected chi connectivity index (χ1v) is 10.6. The van der Waals surface area contributed by atoms with Gasteiger partial charge in [-0.15, -0.1) is 0 Å². The van der Waals surface area contributed by atoms with Crippen LogP contribution in [0.5, 0.6) is 5.75 Å². The largest absolute Gasteiger partial charge is 0.493 e. The summed E-state index contributed by atoms with van der Waals surface area (Å²) in [7, 11) is 3.50. The van der Waals surface area contributed by atoms with Gasteiger partial charge < -0.3 is 15.0 Å². The van der Waals surface area contributed by atoms with Crippen LogP contribution in [0.2, 0.25) is 5.02 Å². The maximum atomic E-state index is 13.8. The molecule has 6 nitrogen and oxygen atoms in total. The lowest BCUT2D eigenvalue weighted by atomic mass is 9.80. The van der Waals surface area contributed by atoms with Crippen LogP contribution >= 0.6 is 11.6 Å². The van der Waals surface area contributed by atoms with Gasteiger partial charge in [-0.25, -0.2) is 0 Å². The van der Waals surface area contributed by atoms with E-state index in [1.165, 1.54) is 0 Å². The van der Waals surface area contributed by atoms with Gasteiger partial charge in [0.25, 0.3) is 5.91 Å². The molecule has 0 aliphatic carbocycles. The van der Waals surface area contributed by atoms with Crippen molar-refractivity contribution in [2.45, 2.75) is 31.3 Å². The molecule has 2 atom stereocenters. The van der Waals surface area contributed by atoms with Crippen LogP contribution in [-0.4, -0.2) is 54.9 Å². The van der Waals surface area contributed by atoms with Gasteiger partial charge in [0.1, 0.15) is 5.75 Å². The minimum absolute atomic E-state index is 0.0101.